The van der Waals surface area contributed by atoms with Gasteiger partial charge >= 0.3 is 5.97 Å². The third-order valence-electron chi connectivity index (χ3n) is 3.54. The molecule has 0 bridgehead atoms. The van der Waals surface area contributed by atoms with Crippen LogP contribution in [-0.4, -0.2) is 31.8 Å². The topological polar surface area (TPSA) is 47.6 Å². The Hall–Kier alpha value is -1.26. The number of benzene rings is 1. The molecule has 1 aliphatic rings. The zero-order chi connectivity index (χ0) is 15.1. The van der Waals surface area contributed by atoms with Gasteiger partial charge in [0.15, 0.2) is 0 Å². The van der Waals surface area contributed by atoms with Crippen LogP contribution in [-0.2, 0) is 9.53 Å². The first-order chi connectivity index (χ1) is 10.2. The molecule has 1 fully saturated rings. The zero-order valence-electron chi connectivity index (χ0n) is 12.3. The Balaban J connectivity index is 1.54. The lowest BCUT2D eigenvalue weighted by molar-refractivity contribution is -0.143. The first-order valence-corrected chi connectivity index (χ1v) is 7.83. The minimum atomic E-state index is -0.138. The number of carbonyl (C=O) groups is 1. The number of rotatable bonds is 8. The number of hydrogen-bond acceptors (Lipinski definition) is 4. The van der Waals surface area contributed by atoms with E-state index in [1.54, 1.807) is 0 Å². The summed E-state index contributed by atoms with van der Waals surface area (Å²) in [5, 5.41) is 3.99. The summed E-state index contributed by atoms with van der Waals surface area (Å²) < 4.78 is 10.7. The Morgan fingerprint density at radius 3 is 2.95 bits per heavy atom. The van der Waals surface area contributed by atoms with Gasteiger partial charge in [0.05, 0.1) is 19.1 Å². The molecule has 21 heavy (non-hydrogen) atoms. The molecule has 5 heteroatoms. The molecule has 1 aromatic carbocycles. The Kier molecular flexibility index (Phi) is 6.33. The average Bonchev–Trinajstić information content (AvgIpc) is 2.40. The van der Waals surface area contributed by atoms with Crippen LogP contribution >= 0.6 is 11.6 Å². The van der Waals surface area contributed by atoms with Gasteiger partial charge < -0.3 is 14.8 Å². The van der Waals surface area contributed by atoms with Crippen molar-refractivity contribution in [2.45, 2.75) is 32.3 Å². The van der Waals surface area contributed by atoms with E-state index in [1.807, 2.05) is 31.2 Å². The molecule has 1 aromatic rings. The first kappa shape index (κ1) is 16.1. The predicted molar refractivity (Wildman–Crippen MR) is 82.7 cm³/mol. The fourth-order valence-electron chi connectivity index (χ4n) is 2.40. The van der Waals surface area contributed by atoms with Crippen LogP contribution in [0.3, 0.4) is 0 Å². The number of halogens is 1. The number of esters is 1. The summed E-state index contributed by atoms with van der Waals surface area (Å²) in [7, 11) is 0. The molecule has 0 aliphatic heterocycles. The van der Waals surface area contributed by atoms with Crippen LogP contribution in [0.1, 0.15) is 26.2 Å². The second kappa shape index (κ2) is 8.25. The number of nitrogens with one attached hydrogen (secondary N) is 1. The second-order valence-corrected chi connectivity index (χ2v) is 5.73. The summed E-state index contributed by atoms with van der Waals surface area (Å²) in [5.41, 5.74) is 0. The molecule has 0 atom stereocenters. The van der Waals surface area contributed by atoms with Crippen molar-refractivity contribution in [2.75, 3.05) is 19.7 Å². The van der Waals surface area contributed by atoms with Crippen molar-refractivity contribution in [2.24, 2.45) is 5.92 Å². The van der Waals surface area contributed by atoms with E-state index >= 15 is 0 Å². The van der Waals surface area contributed by atoms with E-state index < -0.39 is 0 Å². The van der Waals surface area contributed by atoms with Gasteiger partial charge in [-0.25, -0.2) is 0 Å². The van der Waals surface area contributed by atoms with Crippen molar-refractivity contribution in [1.29, 1.82) is 0 Å². The summed E-state index contributed by atoms with van der Waals surface area (Å²) in [6.07, 6.45) is 2.79. The molecular formula is C16H22ClNO3. The maximum atomic E-state index is 11.2. The van der Waals surface area contributed by atoms with Crippen LogP contribution in [0, 0.1) is 5.92 Å². The lowest BCUT2D eigenvalue weighted by Crippen LogP contribution is -2.40. The Labute approximate surface area is 130 Å². The van der Waals surface area contributed by atoms with Gasteiger partial charge in [-0.05, 0) is 50.4 Å². The lowest BCUT2D eigenvalue weighted by Gasteiger charge is -2.35. The van der Waals surface area contributed by atoms with Gasteiger partial charge in [0.2, 0.25) is 0 Å². The fraction of sp³-hybridized carbons (Fsp3) is 0.562. The van der Waals surface area contributed by atoms with Crippen molar-refractivity contribution in [3.05, 3.63) is 29.3 Å². The van der Waals surface area contributed by atoms with Crippen molar-refractivity contribution < 1.29 is 14.3 Å². The van der Waals surface area contributed by atoms with Gasteiger partial charge in [0.25, 0.3) is 0 Å². The molecule has 2 rings (SSSR count). The van der Waals surface area contributed by atoms with Gasteiger partial charge in [0, 0.05) is 11.6 Å². The minimum absolute atomic E-state index is 0.138. The van der Waals surface area contributed by atoms with Crippen molar-refractivity contribution in [3.63, 3.8) is 0 Å². The molecule has 0 unspecified atom stereocenters. The van der Waals surface area contributed by atoms with E-state index in [4.69, 9.17) is 21.1 Å². The molecule has 0 heterocycles. The summed E-state index contributed by atoms with van der Waals surface area (Å²) in [6, 6.07) is 7.50. The minimum Gasteiger partial charge on any atom is -0.490 e. The molecule has 0 spiro atoms. The van der Waals surface area contributed by atoms with E-state index in [0.717, 1.165) is 25.1 Å². The monoisotopic (exact) mass is 311 g/mol. The van der Waals surface area contributed by atoms with Gasteiger partial charge in [0.1, 0.15) is 5.75 Å². The van der Waals surface area contributed by atoms with Crippen LogP contribution < -0.4 is 10.1 Å². The van der Waals surface area contributed by atoms with Crippen LogP contribution in [0.4, 0.5) is 0 Å². The molecule has 0 amide bonds. The van der Waals surface area contributed by atoms with Gasteiger partial charge in [-0.1, -0.05) is 17.7 Å². The quantitative estimate of drug-likeness (QED) is 0.592. The molecule has 0 radical (unpaired) electrons. The molecule has 0 saturated heterocycles. The molecule has 4 nitrogen and oxygen atoms in total. The molecule has 116 valence electrons. The number of hydrogen-bond donors (Lipinski definition) is 1. The van der Waals surface area contributed by atoms with E-state index in [9.17, 15) is 4.79 Å². The molecule has 1 saturated carbocycles. The fourth-order valence-corrected chi connectivity index (χ4v) is 2.58. The predicted octanol–water partition coefficient (Wildman–Crippen LogP) is 3.04. The second-order valence-electron chi connectivity index (χ2n) is 5.29. The highest BCUT2D eigenvalue weighted by Crippen LogP contribution is 2.31. The molecule has 1 aliphatic carbocycles. The first-order valence-electron chi connectivity index (χ1n) is 7.46. The smallest absolute Gasteiger partial charge is 0.307 e. The van der Waals surface area contributed by atoms with Crippen LogP contribution in [0.5, 0.6) is 5.75 Å². The van der Waals surface area contributed by atoms with Crippen LogP contribution in [0.15, 0.2) is 24.3 Å². The third-order valence-corrected chi connectivity index (χ3v) is 3.77. The largest absolute Gasteiger partial charge is 0.490 e. The number of ether oxygens (including phenoxy) is 2. The summed E-state index contributed by atoms with van der Waals surface area (Å²) >= 11 is 5.92. The number of carbonyl (C=O) groups excluding carboxylic acids is 1. The maximum Gasteiger partial charge on any atom is 0.307 e. The molecular weight excluding hydrogens is 290 g/mol. The zero-order valence-corrected chi connectivity index (χ0v) is 13.1. The Morgan fingerprint density at radius 2 is 2.24 bits per heavy atom. The van der Waals surface area contributed by atoms with Gasteiger partial charge in [-0.2, -0.15) is 0 Å². The SMILES string of the molecule is CCOC(=O)CCNC[C@H]1C[C@H](Oc2cccc(Cl)c2)C1. The average molecular weight is 312 g/mol. The lowest BCUT2D eigenvalue weighted by atomic mass is 9.82. The van der Waals surface area contributed by atoms with Gasteiger partial charge in [-0.3, -0.25) is 4.79 Å². The third kappa shape index (κ3) is 5.56. The van der Waals surface area contributed by atoms with Crippen LogP contribution in [0.25, 0.3) is 0 Å². The van der Waals surface area contributed by atoms with E-state index in [2.05, 4.69) is 5.32 Å². The highest BCUT2D eigenvalue weighted by Gasteiger charge is 2.30. The molecule has 1 N–H and O–H groups in total. The van der Waals surface area contributed by atoms with Crippen molar-refractivity contribution in [1.82, 2.24) is 5.32 Å². The highest BCUT2D eigenvalue weighted by molar-refractivity contribution is 6.30. The van der Waals surface area contributed by atoms with E-state index in [1.165, 1.54) is 0 Å². The normalized spacial score (nSPS) is 20.7. The van der Waals surface area contributed by atoms with E-state index in [-0.39, 0.29) is 12.1 Å². The van der Waals surface area contributed by atoms with Crippen molar-refractivity contribution >= 4 is 17.6 Å². The summed E-state index contributed by atoms with van der Waals surface area (Å²) in [4.78, 5) is 11.2. The highest BCUT2D eigenvalue weighted by atomic mass is 35.5. The summed E-state index contributed by atoms with van der Waals surface area (Å²) in [6.45, 7) is 3.87. The van der Waals surface area contributed by atoms with E-state index in [0.29, 0.717) is 30.5 Å². The standard InChI is InChI=1S/C16H22ClNO3/c1-2-20-16(19)6-7-18-11-12-8-15(9-12)21-14-5-3-4-13(17)10-14/h3-5,10,12,15,18H,2,6-9,11H2,1H3/t12-,15-. The van der Waals surface area contributed by atoms with Crippen LogP contribution in [0.2, 0.25) is 5.02 Å². The Morgan fingerprint density at radius 1 is 1.43 bits per heavy atom. The Bertz CT molecular complexity index is 461. The van der Waals surface area contributed by atoms with Crippen molar-refractivity contribution in [3.8, 4) is 5.75 Å². The maximum absolute atomic E-state index is 11.2. The van der Waals surface area contributed by atoms with Gasteiger partial charge in [-0.15, -0.1) is 0 Å². The summed E-state index contributed by atoms with van der Waals surface area (Å²) in [5.74, 6) is 1.32. The molecule has 0 aromatic heterocycles.